The molecule has 0 fully saturated rings. The standard InChI is InChI=1S/C18H21NO6S/c1-12-5-7-15(13(2)9-12)19(11-18(20)21)26(22,23)14-6-8-16(24-3)17(10-14)25-4/h5-10H,11H2,1-4H3,(H,20,21). The zero-order valence-corrected chi connectivity index (χ0v) is 15.8. The Morgan fingerprint density at radius 3 is 2.23 bits per heavy atom. The molecule has 2 rings (SSSR count). The SMILES string of the molecule is COc1ccc(S(=O)(=O)N(CC(=O)O)c2ccc(C)cc2C)cc1OC. The van der Waals surface area contributed by atoms with E-state index in [0.29, 0.717) is 17.0 Å². The van der Waals surface area contributed by atoms with Gasteiger partial charge in [0.1, 0.15) is 6.54 Å². The second-order valence-electron chi connectivity index (χ2n) is 5.71. The van der Waals surface area contributed by atoms with Crippen molar-refractivity contribution in [2.75, 3.05) is 25.1 Å². The number of nitrogens with zero attached hydrogens (tertiary/aromatic N) is 1. The maximum Gasteiger partial charge on any atom is 0.324 e. The van der Waals surface area contributed by atoms with Gasteiger partial charge in [0.15, 0.2) is 11.5 Å². The van der Waals surface area contributed by atoms with Crippen LogP contribution in [0.25, 0.3) is 0 Å². The molecule has 0 bridgehead atoms. The van der Waals surface area contributed by atoms with Gasteiger partial charge in [-0.25, -0.2) is 8.42 Å². The Morgan fingerprint density at radius 2 is 1.69 bits per heavy atom. The molecule has 0 saturated heterocycles. The van der Waals surface area contributed by atoms with E-state index in [1.54, 1.807) is 25.1 Å². The molecule has 7 nitrogen and oxygen atoms in total. The molecule has 0 unspecified atom stereocenters. The van der Waals surface area contributed by atoms with Crippen molar-refractivity contribution < 1.29 is 27.8 Å². The molecular weight excluding hydrogens is 358 g/mol. The van der Waals surface area contributed by atoms with Crippen LogP contribution in [-0.4, -0.2) is 40.3 Å². The lowest BCUT2D eigenvalue weighted by atomic mass is 10.1. The monoisotopic (exact) mass is 379 g/mol. The molecule has 26 heavy (non-hydrogen) atoms. The number of methoxy groups -OCH3 is 2. The number of carbonyl (C=O) groups is 1. The Kier molecular flexibility index (Phi) is 5.76. The number of sulfonamides is 1. The largest absolute Gasteiger partial charge is 0.493 e. The van der Waals surface area contributed by atoms with Crippen LogP contribution in [0.4, 0.5) is 5.69 Å². The number of aliphatic carboxylic acids is 1. The molecule has 0 radical (unpaired) electrons. The van der Waals surface area contributed by atoms with Gasteiger partial charge in [-0.2, -0.15) is 0 Å². The Hall–Kier alpha value is -2.74. The van der Waals surface area contributed by atoms with E-state index in [1.165, 1.54) is 32.4 Å². The van der Waals surface area contributed by atoms with E-state index in [4.69, 9.17) is 9.47 Å². The summed E-state index contributed by atoms with van der Waals surface area (Å²) < 4.78 is 37.4. The van der Waals surface area contributed by atoms with E-state index in [9.17, 15) is 18.3 Å². The van der Waals surface area contributed by atoms with Crippen molar-refractivity contribution in [3.8, 4) is 11.5 Å². The van der Waals surface area contributed by atoms with Crippen molar-refractivity contribution in [2.45, 2.75) is 18.7 Å². The quantitative estimate of drug-likeness (QED) is 0.795. The third kappa shape index (κ3) is 3.91. The van der Waals surface area contributed by atoms with E-state index >= 15 is 0 Å². The van der Waals surface area contributed by atoms with Gasteiger partial charge in [0, 0.05) is 6.07 Å². The highest BCUT2D eigenvalue weighted by atomic mass is 32.2. The van der Waals surface area contributed by atoms with Crippen LogP contribution in [0, 0.1) is 13.8 Å². The van der Waals surface area contributed by atoms with Gasteiger partial charge < -0.3 is 14.6 Å². The van der Waals surface area contributed by atoms with Crippen molar-refractivity contribution >= 4 is 21.7 Å². The summed E-state index contributed by atoms with van der Waals surface area (Å²) in [5.74, 6) is -0.638. The molecule has 0 aliphatic heterocycles. The van der Waals surface area contributed by atoms with Gasteiger partial charge in [-0.05, 0) is 37.6 Å². The second-order valence-corrected chi connectivity index (χ2v) is 7.57. The molecule has 0 aliphatic carbocycles. The fraction of sp³-hybridized carbons (Fsp3) is 0.278. The zero-order valence-electron chi connectivity index (χ0n) is 15.0. The van der Waals surface area contributed by atoms with Gasteiger partial charge in [0.2, 0.25) is 0 Å². The Bertz CT molecular complexity index is 923. The fourth-order valence-electron chi connectivity index (χ4n) is 2.61. The Labute approximate surface area is 152 Å². The van der Waals surface area contributed by atoms with Crippen molar-refractivity contribution in [1.29, 1.82) is 0 Å². The summed E-state index contributed by atoms with van der Waals surface area (Å²) in [5, 5.41) is 9.23. The van der Waals surface area contributed by atoms with Gasteiger partial charge in [-0.15, -0.1) is 0 Å². The highest BCUT2D eigenvalue weighted by molar-refractivity contribution is 7.92. The summed E-state index contributed by atoms with van der Waals surface area (Å²) in [7, 11) is -1.29. The summed E-state index contributed by atoms with van der Waals surface area (Å²) in [6.07, 6.45) is 0. The lowest BCUT2D eigenvalue weighted by molar-refractivity contribution is -0.135. The predicted octanol–water partition coefficient (Wildman–Crippen LogP) is 2.60. The molecule has 0 aliphatic rings. The third-order valence-electron chi connectivity index (χ3n) is 3.84. The lowest BCUT2D eigenvalue weighted by Gasteiger charge is -2.25. The van der Waals surface area contributed by atoms with Crippen LogP contribution in [0.1, 0.15) is 11.1 Å². The number of ether oxygens (including phenoxy) is 2. The highest BCUT2D eigenvalue weighted by Crippen LogP contribution is 2.33. The van der Waals surface area contributed by atoms with E-state index in [1.807, 2.05) is 6.92 Å². The van der Waals surface area contributed by atoms with Gasteiger partial charge in [0.05, 0.1) is 24.8 Å². The Morgan fingerprint density at radius 1 is 1.04 bits per heavy atom. The Balaban J connectivity index is 2.61. The number of benzene rings is 2. The number of carboxylic acid groups (broad SMARTS) is 1. The average Bonchev–Trinajstić information content (AvgIpc) is 2.59. The number of rotatable bonds is 7. The van der Waals surface area contributed by atoms with Gasteiger partial charge in [-0.3, -0.25) is 9.10 Å². The van der Waals surface area contributed by atoms with E-state index < -0.39 is 22.5 Å². The zero-order chi connectivity index (χ0) is 19.5. The van der Waals surface area contributed by atoms with Crippen LogP contribution in [0.5, 0.6) is 11.5 Å². The minimum atomic E-state index is -4.13. The smallest absolute Gasteiger partial charge is 0.324 e. The first-order chi connectivity index (χ1) is 12.2. The topological polar surface area (TPSA) is 93.1 Å². The van der Waals surface area contributed by atoms with Crippen molar-refractivity contribution in [1.82, 2.24) is 0 Å². The molecule has 2 aromatic rings. The summed E-state index contributed by atoms with van der Waals surface area (Å²) in [6, 6.07) is 9.27. The molecule has 140 valence electrons. The maximum absolute atomic E-state index is 13.1. The summed E-state index contributed by atoms with van der Waals surface area (Å²) in [5.41, 5.74) is 1.92. The van der Waals surface area contributed by atoms with Gasteiger partial charge in [-0.1, -0.05) is 17.7 Å². The summed E-state index contributed by atoms with van der Waals surface area (Å²) in [4.78, 5) is 11.2. The molecule has 0 atom stereocenters. The van der Waals surface area contributed by atoms with Gasteiger partial charge >= 0.3 is 5.97 Å². The van der Waals surface area contributed by atoms with Crippen LogP contribution in [0.2, 0.25) is 0 Å². The van der Waals surface area contributed by atoms with Crippen LogP contribution < -0.4 is 13.8 Å². The lowest BCUT2D eigenvalue weighted by Crippen LogP contribution is -2.36. The second kappa shape index (κ2) is 7.65. The van der Waals surface area contributed by atoms with Crippen LogP contribution in [0.3, 0.4) is 0 Å². The maximum atomic E-state index is 13.1. The van der Waals surface area contributed by atoms with Crippen molar-refractivity contribution in [3.63, 3.8) is 0 Å². The predicted molar refractivity (Wildman–Crippen MR) is 97.6 cm³/mol. The van der Waals surface area contributed by atoms with Gasteiger partial charge in [0.25, 0.3) is 10.0 Å². The molecular formula is C18H21NO6S. The molecule has 0 amide bonds. The van der Waals surface area contributed by atoms with E-state index in [0.717, 1.165) is 9.87 Å². The highest BCUT2D eigenvalue weighted by Gasteiger charge is 2.29. The first-order valence-electron chi connectivity index (χ1n) is 7.74. The van der Waals surface area contributed by atoms with Crippen LogP contribution >= 0.6 is 0 Å². The van der Waals surface area contributed by atoms with Crippen molar-refractivity contribution in [2.24, 2.45) is 0 Å². The molecule has 2 aromatic carbocycles. The summed E-state index contributed by atoms with van der Waals surface area (Å²) in [6.45, 7) is 2.92. The normalized spacial score (nSPS) is 11.1. The first-order valence-corrected chi connectivity index (χ1v) is 9.18. The molecule has 0 aromatic heterocycles. The number of hydrogen-bond donors (Lipinski definition) is 1. The van der Waals surface area contributed by atoms with Crippen molar-refractivity contribution in [3.05, 3.63) is 47.5 Å². The number of aryl methyl sites for hydroxylation is 2. The van der Waals surface area contributed by atoms with E-state index in [-0.39, 0.29) is 10.6 Å². The van der Waals surface area contributed by atoms with Crippen LogP contribution in [0.15, 0.2) is 41.3 Å². The van der Waals surface area contributed by atoms with E-state index in [2.05, 4.69) is 0 Å². The minimum Gasteiger partial charge on any atom is -0.493 e. The molecule has 0 spiro atoms. The molecule has 0 heterocycles. The number of carboxylic acids is 1. The minimum absolute atomic E-state index is 0.0867. The summed E-state index contributed by atoms with van der Waals surface area (Å²) >= 11 is 0. The average molecular weight is 379 g/mol. The first kappa shape index (κ1) is 19.6. The van der Waals surface area contributed by atoms with Crippen LogP contribution in [-0.2, 0) is 14.8 Å². The third-order valence-corrected chi connectivity index (χ3v) is 5.60. The molecule has 0 saturated carbocycles. The fourth-order valence-corrected chi connectivity index (χ4v) is 4.11. The number of anilines is 1. The molecule has 8 heteroatoms. The molecule has 1 N–H and O–H groups in total. The number of hydrogen-bond acceptors (Lipinski definition) is 5.